The van der Waals surface area contributed by atoms with Crippen LogP contribution in [0, 0.1) is 5.92 Å². The first kappa shape index (κ1) is 13.5. The van der Waals surface area contributed by atoms with Gasteiger partial charge in [-0.05, 0) is 25.2 Å². The highest BCUT2D eigenvalue weighted by Crippen LogP contribution is 2.15. The van der Waals surface area contributed by atoms with Gasteiger partial charge >= 0.3 is 12.0 Å². The van der Waals surface area contributed by atoms with Crippen molar-refractivity contribution in [3.8, 4) is 0 Å². The standard InChI is InChI=1S/C12H20N2O3/c1-3-5-10(11(15)16)13-12(17)14-7-4-6-9(2)8-14/h3,9-10H,1,4-8H2,2H3,(H,13,17)(H,15,16). The van der Waals surface area contributed by atoms with E-state index in [1.54, 1.807) is 4.90 Å². The number of carboxylic acids is 1. The van der Waals surface area contributed by atoms with Crippen LogP contribution in [-0.2, 0) is 4.79 Å². The molecule has 5 nitrogen and oxygen atoms in total. The summed E-state index contributed by atoms with van der Waals surface area (Å²) in [6.45, 7) is 6.99. The SMILES string of the molecule is C=CCC(NC(=O)N1CCCC(C)C1)C(=O)O. The molecular formula is C12H20N2O3. The van der Waals surface area contributed by atoms with Crippen LogP contribution in [0.5, 0.6) is 0 Å². The summed E-state index contributed by atoms with van der Waals surface area (Å²) in [5.41, 5.74) is 0. The largest absolute Gasteiger partial charge is 0.480 e. The summed E-state index contributed by atoms with van der Waals surface area (Å²) in [7, 11) is 0. The maximum Gasteiger partial charge on any atom is 0.326 e. The Morgan fingerprint density at radius 2 is 2.35 bits per heavy atom. The predicted molar refractivity (Wildman–Crippen MR) is 64.7 cm³/mol. The second kappa shape index (κ2) is 6.27. The van der Waals surface area contributed by atoms with Crippen LogP contribution in [0.4, 0.5) is 4.79 Å². The Labute approximate surface area is 101 Å². The number of likely N-dealkylation sites (tertiary alicyclic amines) is 1. The summed E-state index contributed by atoms with van der Waals surface area (Å²) in [6.07, 6.45) is 3.84. The van der Waals surface area contributed by atoms with Crippen molar-refractivity contribution in [2.24, 2.45) is 5.92 Å². The number of aliphatic carboxylic acids is 1. The van der Waals surface area contributed by atoms with Gasteiger partial charge in [-0.3, -0.25) is 0 Å². The first-order valence-corrected chi connectivity index (χ1v) is 5.93. The van der Waals surface area contributed by atoms with E-state index in [-0.39, 0.29) is 12.5 Å². The van der Waals surface area contributed by atoms with Gasteiger partial charge in [0.15, 0.2) is 0 Å². The molecule has 0 aromatic rings. The Morgan fingerprint density at radius 3 is 2.88 bits per heavy atom. The van der Waals surface area contributed by atoms with Gasteiger partial charge < -0.3 is 15.3 Å². The monoisotopic (exact) mass is 240 g/mol. The minimum atomic E-state index is -1.02. The number of piperidine rings is 1. The lowest BCUT2D eigenvalue weighted by molar-refractivity contribution is -0.139. The van der Waals surface area contributed by atoms with Crippen molar-refractivity contribution in [2.45, 2.75) is 32.2 Å². The smallest absolute Gasteiger partial charge is 0.326 e. The van der Waals surface area contributed by atoms with E-state index in [0.717, 1.165) is 12.8 Å². The Morgan fingerprint density at radius 1 is 1.65 bits per heavy atom. The van der Waals surface area contributed by atoms with Gasteiger partial charge in [0.2, 0.25) is 0 Å². The van der Waals surface area contributed by atoms with E-state index in [2.05, 4.69) is 18.8 Å². The molecule has 1 aliphatic heterocycles. The van der Waals surface area contributed by atoms with Gasteiger partial charge in [0.25, 0.3) is 0 Å². The number of carboxylic acid groups (broad SMARTS) is 1. The summed E-state index contributed by atoms with van der Waals surface area (Å²) < 4.78 is 0. The van der Waals surface area contributed by atoms with Crippen LogP contribution in [-0.4, -0.2) is 41.1 Å². The Bertz CT molecular complexity index is 304. The molecule has 2 atom stereocenters. The number of carbonyl (C=O) groups excluding carboxylic acids is 1. The van der Waals surface area contributed by atoms with Crippen LogP contribution in [0.25, 0.3) is 0 Å². The summed E-state index contributed by atoms with van der Waals surface area (Å²) in [4.78, 5) is 24.4. The third-order valence-electron chi connectivity index (χ3n) is 2.94. The zero-order valence-electron chi connectivity index (χ0n) is 10.2. The second-order valence-corrected chi connectivity index (χ2v) is 4.56. The van der Waals surface area contributed by atoms with E-state index in [0.29, 0.717) is 19.0 Å². The van der Waals surface area contributed by atoms with Crippen molar-refractivity contribution >= 4 is 12.0 Å². The number of nitrogens with zero attached hydrogens (tertiary/aromatic N) is 1. The number of urea groups is 1. The molecule has 2 unspecified atom stereocenters. The molecule has 1 heterocycles. The first-order chi connectivity index (χ1) is 8.04. The molecule has 0 radical (unpaired) electrons. The van der Waals surface area contributed by atoms with Crippen LogP contribution >= 0.6 is 0 Å². The van der Waals surface area contributed by atoms with E-state index in [9.17, 15) is 9.59 Å². The third-order valence-corrected chi connectivity index (χ3v) is 2.94. The molecule has 0 bridgehead atoms. The van der Waals surface area contributed by atoms with Crippen LogP contribution in [0.3, 0.4) is 0 Å². The second-order valence-electron chi connectivity index (χ2n) is 4.56. The average Bonchev–Trinajstić information content (AvgIpc) is 2.28. The summed E-state index contributed by atoms with van der Waals surface area (Å²) in [5.74, 6) is -0.541. The van der Waals surface area contributed by atoms with E-state index in [1.807, 2.05) is 0 Å². The molecule has 0 aromatic heterocycles. The molecule has 1 rings (SSSR count). The Balaban J connectivity index is 2.51. The minimum absolute atomic E-state index is 0.241. The highest BCUT2D eigenvalue weighted by atomic mass is 16.4. The van der Waals surface area contributed by atoms with E-state index in [1.165, 1.54) is 6.08 Å². The van der Waals surface area contributed by atoms with Gasteiger partial charge in [0, 0.05) is 13.1 Å². The van der Waals surface area contributed by atoms with Crippen molar-refractivity contribution in [3.05, 3.63) is 12.7 Å². The molecule has 0 aromatic carbocycles. The number of rotatable bonds is 4. The van der Waals surface area contributed by atoms with E-state index < -0.39 is 12.0 Å². The van der Waals surface area contributed by atoms with Crippen molar-refractivity contribution in [2.75, 3.05) is 13.1 Å². The number of hydrogen-bond acceptors (Lipinski definition) is 2. The normalized spacial score (nSPS) is 21.7. The molecule has 17 heavy (non-hydrogen) atoms. The van der Waals surface area contributed by atoms with Crippen molar-refractivity contribution in [1.29, 1.82) is 0 Å². The van der Waals surface area contributed by atoms with Gasteiger partial charge in [-0.2, -0.15) is 0 Å². The molecule has 0 aliphatic carbocycles. The summed E-state index contributed by atoms with van der Waals surface area (Å²) in [6, 6.07) is -1.16. The fourth-order valence-corrected chi connectivity index (χ4v) is 2.00. The topological polar surface area (TPSA) is 69.6 Å². The summed E-state index contributed by atoms with van der Waals surface area (Å²) in [5, 5.41) is 11.4. The van der Waals surface area contributed by atoms with Crippen molar-refractivity contribution < 1.29 is 14.7 Å². The van der Waals surface area contributed by atoms with Crippen LogP contribution < -0.4 is 5.32 Å². The highest BCUT2D eigenvalue weighted by Gasteiger charge is 2.25. The van der Waals surface area contributed by atoms with Gasteiger partial charge in [0.1, 0.15) is 6.04 Å². The Kier molecular flexibility index (Phi) is 5.00. The number of amides is 2. The molecule has 0 saturated carbocycles. The van der Waals surface area contributed by atoms with E-state index >= 15 is 0 Å². The lowest BCUT2D eigenvalue weighted by Gasteiger charge is -2.31. The highest BCUT2D eigenvalue weighted by molar-refractivity contribution is 5.82. The van der Waals surface area contributed by atoms with Crippen LogP contribution in [0.2, 0.25) is 0 Å². The third kappa shape index (κ3) is 4.09. The molecule has 1 fully saturated rings. The summed E-state index contributed by atoms with van der Waals surface area (Å²) >= 11 is 0. The van der Waals surface area contributed by atoms with Crippen LogP contribution in [0.15, 0.2) is 12.7 Å². The lowest BCUT2D eigenvalue weighted by atomic mass is 10.0. The lowest BCUT2D eigenvalue weighted by Crippen LogP contribution is -2.50. The van der Waals surface area contributed by atoms with Crippen LogP contribution in [0.1, 0.15) is 26.2 Å². The molecule has 0 spiro atoms. The molecule has 5 heteroatoms. The number of carbonyl (C=O) groups is 2. The molecular weight excluding hydrogens is 220 g/mol. The number of nitrogens with one attached hydrogen (secondary N) is 1. The fourth-order valence-electron chi connectivity index (χ4n) is 2.00. The van der Waals surface area contributed by atoms with Gasteiger partial charge in [-0.1, -0.05) is 13.0 Å². The molecule has 2 amide bonds. The molecule has 96 valence electrons. The van der Waals surface area contributed by atoms with Gasteiger partial charge in [-0.15, -0.1) is 6.58 Å². The Hall–Kier alpha value is -1.52. The molecule has 2 N–H and O–H groups in total. The van der Waals surface area contributed by atoms with Gasteiger partial charge in [-0.25, -0.2) is 9.59 Å². The zero-order valence-corrected chi connectivity index (χ0v) is 10.2. The first-order valence-electron chi connectivity index (χ1n) is 5.93. The average molecular weight is 240 g/mol. The molecule has 1 aliphatic rings. The minimum Gasteiger partial charge on any atom is -0.480 e. The zero-order chi connectivity index (χ0) is 12.8. The molecule has 1 saturated heterocycles. The maximum atomic E-state index is 11.9. The quantitative estimate of drug-likeness (QED) is 0.731. The van der Waals surface area contributed by atoms with Crippen molar-refractivity contribution in [1.82, 2.24) is 10.2 Å². The number of hydrogen-bond donors (Lipinski definition) is 2. The van der Waals surface area contributed by atoms with Gasteiger partial charge in [0.05, 0.1) is 0 Å². The fraction of sp³-hybridized carbons (Fsp3) is 0.667. The maximum absolute atomic E-state index is 11.9. The van der Waals surface area contributed by atoms with E-state index in [4.69, 9.17) is 5.11 Å². The predicted octanol–water partition coefficient (Wildman–Crippen LogP) is 1.46. The van der Waals surface area contributed by atoms with Crippen molar-refractivity contribution in [3.63, 3.8) is 0 Å².